The number of amides is 2. The highest BCUT2D eigenvalue weighted by molar-refractivity contribution is 7.70. The number of fused-ring (bicyclic) bond motifs is 4. The number of aromatic nitrogens is 4. The third-order valence-corrected chi connectivity index (χ3v) is 18.4. The van der Waals surface area contributed by atoms with E-state index in [4.69, 9.17) is 16.6 Å². The van der Waals surface area contributed by atoms with E-state index < -0.39 is 25.9 Å². The molecular weight excluding hydrogens is 1030 g/mol. The molecule has 6 aromatic rings. The molecule has 3 aromatic heterocycles. The second-order valence-electron chi connectivity index (χ2n) is 20.9. The van der Waals surface area contributed by atoms with E-state index >= 15 is 0 Å². The zero-order valence-corrected chi connectivity index (χ0v) is 46.1. The number of piperazine rings is 1. The summed E-state index contributed by atoms with van der Waals surface area (Å²) in [5, 5.41) is 18.9. The van der Waals surface area contributed by atoms with Gasteiger partial charge in [-0.1, -0.05) is 35.7 Å². The molecule has 400 valence electrons. The van der Waals surface area contributed by atoms with E-state index in [1.165, 1.54) is 9.44 Å². The first kappa shape index (κ1) is 53.4. The van der Waals surface area contributed by atoms with E-state index in [0.717, 1.165) is 102 Å². The molecule has 0 saturated carbocycles. The molecule has 2 amide bonds. The number of halogens is 4. The number of carbonyl (C=O) groups is 2. The van der Waals surface area contributed by atoms with E-state index in [0.29, 0.717) is 60.5 Å². The molecule has 3 aromatic carbocycles. The number of rotatable bonds is 12. The molecular formula is C56H64ClF3N11O3PS. The van der Waals surface area contributed by atoms with Gasteiger partial charge in [0.05, 0.1) is 36.4 Å². The van der Waals surface area contributed by atoms with Crippen LogP contribution in [0, 0.1) is 32.6 Å². The number of nitrogens with one attached hydrogen (secondary N) is 2. The second kappa shape index (κ2) is 22.2. The number of hydrogen-bond acceptors (Lipinski definition) is 11. The van der Waals surface area contributed by atoms with Crippen molar-refractivity contribution in [3.8, 4) is 16.8 Å². The lowest BCUT2D eigenvalue weighted by atomic mass is 9.99. The summed E-state index contributed by atoms with van der Waals surface area (Å²) in [6.45, 7) is 14.6. The first-order chi connectivity index (χ1) is 36.4. The lowest BCUT2D eigenvalue weighted by Gasteiger charge is -2.43. The van der Waals surface area contributed by atoms with Gasteiger partial charge in [0.2, 0.25) is 11.8 Å². The van der Waals surface area contributed by atoms with Crippen LogP contribution in [0.25, 0.3) is 15.9 Å². The Morgan fingerprint density at radius 2 is 1.55 bits per heavy atom. The maximum absolute atomic E-state index is 14.1. The van der Waals surface area contributed by atoms with Crippen LogP contribution in [0.2, 0.25) is 5.02 Å². The van der Waals surface area contributed by atoms with Gasteiger partial charge in [0.1, 0.15) is 30.6 Å². The van der Waals surface area contributed by atoms with Crippen LogP contribution in [0.3, 0.4) is 0 Å². The summed E-state index contributed by atoms with van der Waals surface area (Å²) >= 11 is 7.99. The maximum atomic E-state index is 14.1. The molecule has 3 saturated heterocycles. The first-order valence-electron chi connectivity index (χ1n) is 26.1. The van der Waals surface area contributed by atoms with Crippen LogP contribution in [0.15, 0.2) is 77.8 Å². The van der Waals surface area contributed by atoms with Crippen molar-refractivity contribution in [3.63, 3.8) is 0 Å². The Hall–Kier alpha value is -5.96. The highest BCUT2D eigenvalue weighted by atomic mass is 35.5. The van der Waals surface area contributed by atoms with Gasteiger partial charge in [0.25, 0.3) is 0 Å². The predicted molar refractivity (Wildman–Crippen MR) is 298 cm³/mol. The van der Waals surface area contributed by atoms with Crippen LogP contribution in [0.4, 0.5) is 24.5 Å². The van der Waals surface area contributed by atoms with E-state index in [1.807, 2.05) is 71.3 Å². The van der Waals surface area contributed by atoms with Crippen LogP contribution < -0.4 is 15.9 Å². The number of nitrogens with zero attached hydrogens (tertiary/aromatic N) is 9. The molecule has 20 heteroatoms. The topological polar surface area (TPSA) is 136 Å². The zero-order chi connectivity index (χ0) is 53.5. The summed E-state index contributed by atoms with van der Waals surface area (Å²) in [4.78, 5) is 42.9. The van der Waals surface area contributed by atoms with Crippen molar-refractivity contribution in [2.45, 2.75) is 83.7 Å². The van der Waals surface area contributed by atoms with E-state index in [1.54, 1.807) is 42.9 Å². The number of benzene rings is 3. The summed E-state index contributed by atoms with van der Waals surface area (Å²) in [5.41, 5.74) is 6.20. The van der Waals surface area contributed by atoms with Crippen LogP contribution in [-0.2, 0) is 20.7 Å². The van der Waals surface area contributed by atoms with Gasteiger partial charge in [-0.2, -0.15) is 13.2 Å². The molecule has 1 atom stereocenters. The van der Waals surface area contributed by atoms with Gasteiger partial charge in [-0.25, -0.2) is 0 Å². The van der Waals surface area contributed by atoms with E-state index in [-0.39, 0.29) is 36.5 Å². The Kier molecular flexibility index (Phi) is 15.6. The average molecular weight is 1090 g/mol. The summed E-state index contributed by atoms with van der Waals surface area (Å²) in [6.07, 6.45) is -0.936. The average Bonchev–Trinajstić information content (AvgIpc) is 4.06. The molecule has 14 nitrogen and oxygen atoms in total. The van der Waals surface area contributed by atoms with Crippen LogP contribution in [-0.4, -0.2) is 153 Å². The van der Waals surface area contributed by atoms with Gasteiger partial charge in [0, 0.05) is 108 Å². The third-order valence-electron chi connectivity index (χ3n) is 15.4. The van der Waals surface area contributed by atoms with Gasteiger partial charge >= 0.3 is 6.18 Å². The smallest absolute Gasteiger partial charge is 0.382 e. The van der Waals surface area contributed by atoms with Gasteiger partial charge < -0.3 is 29.6 Å². The SMILES string of the molecule is Cc1sc2c(c1C)C(c1ccc(Cl)cc1)=N[C@@H](CC(=O)N1CCN(C3CCN(C(=O)CN4CCC(Nc5cccc6c5cc(C#CCNc5ccc(P(C)(C)=O)cc5)n6CC(F)(F)F)CC4)CC3)CC1)c1nnc(C)n1-2. The van der Waals surface area contributed by atoms with Crippen molar-refractivity contribution in [1.82, 2.24) is 38.9 Å². The molecule has 3 fully saturated rings. The molecule has 0 radical (unpaired) electrons. The van der Waals surface area contributed by atoms with Crippen molar-refractivity contribution < 1.29 is 27.3 Å². The van der Waals surface area contributed by atoms with Crippen molar-refractivity contribution in [3.05, 3.63) is 117 Å². The highest BCUT2D eigenvalue weighted by Gasteiger charge is 2.36. The quantitative estimate of drug-likeness (QED) is 0.0909. The largest absolute Gasteiger partial charge is 0.406 e. The molecule has 7 heterocycles. The van der Waals surface area contributed by atoms with E-state index in [9.17, 15) is 27.3 Å². The van der Waals surface area contributed by atoms with Crippen molar-refractivity contribution in [2.24, 2.45) is 4.99 Å². The Morgan fingerprint density at radius 1 is 0.855 bits per heavy atom. The van der Waals surface area contributed by atoms with Crippen LogP contribution in [0.5, 0.6) is 0 Å². The number of aliphatic imine (C=N–C) groups is 1. The number of piperidine rings is 2. The number of anilines is 2. The lowest BCUT2D eigenvalue weighted by molar-refractivity contribution is -0.140. The first-order valence-corrected chi connectivity index (χ1v) is 29.9. The molecule has 76 heavy (non-hydrogen) atoms. The molecule has 4 aliphatic heterocycles. The van der Waals surface area contributed by atoms with Crippen molar-refractivity contribution in [2.75, 3.05) is 89.4 Å². The molecule has 10 rings (SSSR count). The Balaban J connectivity index is 0.693. The van der Waals surface area contributed by atoms with Gasteiger partial charge in [-0.3, -0.25) is 28.9 Å². The maximum Gasteiger partial charge on any atom is 0.406 e. The summed E-state index contributed by atoms with van der Waals surface area (Å²) < 4.78 is 57.4. The minimum Gasteiger partial charge on any atom is -0.382 e. The Labute approximate surface area is 451 Å². The van der Waals surface area contributed by atoms with Crippen LogP contribution in [0.1, 0.15) is 77.1 Å². The normalized spacial score (nSPS) is 18.2. The minimum atomic E-state index is -4.44. The number of hydrogen-bond donors (Lipinski definition) is 2. The molecule has 0 bridgehead atoms. The number of alkyl halides is 3. The fraction of sp³-hybridized carbons (Fsp3) is 0.446. The molecule has 2 N–H and O–H groups in total. The van der Waals surface area contributed by atoms with Crippen molar-refractivity contribution in [1.29, 1.82) is 0 Å². The van der Waals surface area contributed by atoms with E-state index in [2.05, 4.69) is 60.9 Å². The molecule has 0 unspecified atom stereocenters. The predicted octanol–water partition coefficient (Wildman–Crippen LogP) is 9.13. The van der Waals surface area contributed by atoms with Crippen molar-refractivity contribution >= 4 is 75.2 Å². The second-order valence-corrected chi connectivity index (χ2v) is 25.7. The number of carbonyl (C=O) groups excluding carboxylic acids is 2. The Bertz CT molecular complexity index is 3260. The fourth-order valence-corrected chi connectivity index (χ4v) is 13.3. The lowest BCUT2D eigenvalue weighted by Crippen LogP contribution is -2.55. The van der Waals surface area contributed by atoms with Gasteiger partial charge in [0.15, 0.2) is 5.82 Å². The van der Waals surface area contributed by atoms with Gasteiger partial charge in [-0.15, -0.1) is 21.5 Å². The number of thiophene rings is 1. The molecule has 4 aliphatic rings. The zero-order valence-electron chi connectivity index (χ0n) is 43.6. The minimum absolute atomic E-state index is 0.0407. The number of likely N-dealkylation sites (tertiary alicyclic amines) is 2. The molecule has 0 spiro atoms. The molecule has 0 aliphatic carbocycles. The third kappa shape index (κ3) is 11.8. The highest BCUT2D eigenvalue weighted by Crippen LogP contribution is 2.40. The summed E-state index contributed by atoms with van der Waals surface area (Å²) in [5.74, 6) is 7.56. The monoisotopic (exact) mass is 1090 g/mol. The summed E-state index contributed by atoms with van der Waals surface area (Å²) in [7, 11) is -2.39. The summed E-state index contributed by atoms with van der Waals surface area (Å²) in [6, 6.07) is 22.0. The van der Waals surface area contributed by atoms with Gasteiger partial charge in [-0.05, 0) is 126 Å². The fourth-order valence-electron chi connectivity index (χ4n) is 11.1. The number of aryl methyl sites for hydroxylation is 2. The van der Waals surface area contributed by atoms with Crippen LogP contribution >= 0.6 is 30.1 Å². The standard InChI is InChI=1S/C56H64ClF3N11O3PS/c1-36-37(2)76-55-52(36)53(39-11-13-40(57)14-12-39)63-48(54-65-64-38(3)71(54)55)33-50(72)69-30-28-67(29-31-69)43-21-26-68(27-22-43)51(73)34-66-24-19-42(20-25-66)62-47-9-6-10-49-46(47)32-44(70(49)35-56(58,59)60)8-7-23-61-41-15-17-45(18-16-41)75(4,5)74/h6,9-18,32,42-43,48,61-62H,19-31,33-35H2,1-5H3/t48-/m0/s1. The Morgan fingerprint density at radius 3 is 2.24 bits per heavy atom.